The van der Waals surface area contributed by atoms with E-state index in [2.05, 4.69) is 9.97 Å². The van der Waals surface area contributed by atoms with Crippen molar-refractivity contribution in [1.29, 1.82) is 0 Å². The molecule has 2 heterocycles. The summed E-state index contributed by atoms with van der Waals surface area (Å²) in [6.07, 6.45) is 2.98. The van der Waals surface area contributed by atoms with E-state index in [1.165, 1.54) is 16.8 Å². The van der Waals surface area contributed by atoms with Gasteiger partial charge in [0.15, 0.2) is 0 Å². The van der Waals surface area contributed by atoms with E-state index in [4.69, 9.17) is 23.2 Å². The number of nitrogens with one attached hydrogen (secondary N) is 1. The van der Waals surface area contributed by atoms with E-state index < -0.39 is 5.56 Å². The third kappa shape index (κ3) is 1.78. The molecule has 3 rings (SSSR count). The van der Waals surface area contributed by atoms with Gasteiger partial charge in [0.05, 0.1) is 10.0 Å². The summed E-state index contributed by atoms with van der Waals surface area (Å²) in [5, 5.41) is 10.8. The highest BCUT2D eigenvalue weighted by Gasteiger charge is 2.19. The average molecular weight is 296 g/mol. The molecule has 0 aliphatic carbocycles. The topological polar surface area (TPSA) is 70.4 Å². The molecule has 19 heavy (non-hydrogen) atoms. The molecule has 0 bridgehead atoms. The van der Waals surface area contributed by atoms with Gasteiger partial charge in [-0.3, -0.25) is 14.2 Å². The van der Waals surface area contributed by atoms with Crippen molar-refractivity contribution in [3.05, 3.63) is 51.0 Å². The van der Waals surface area contributed by atoms with E-state index in [9.17, 15) is 9.90 Å². The molecule has 0 aliphatic heterocycles. The smallest absolute Gasteiger partial charge is 0.264 e. The Balaban J connectivity index is 2.46. The molecule has 3 aromatic rings. The lowest BCUT2D eigenvalue weighted by Gasteiger charge is -2.09. The average Bonchev–Trinajstić information content (AvgIpc) is 2.81. The molecule has 2 N–H and O–H groups in total. The summed E-state index contributed by atoms with van der Waals surface area (Å²) in [6, 6.07) is 4.86. The van der Waals surface area contributed by atoms with Crippen LogP contribution in [0.5, 0.6) is 5.88 Å². The van der Waals surface area contributed by atoms with Gasteiger partial charge in [-0.05, 0) is 12.1 Å². The van der Waals surface area contributed by atoms with Crippen molar-refractivity contribution in [3.8, 4) is 17.0 Å². The second-order valence-corrected chi connectivity index (χ2v) is 4.68. The first-order valence-corrected chi connectivity index (χ1v) is 6.08. The van der Waals surface area contributed by atoms with Gasteiger partial charge in [0.2, 0.25) is 11.7 Å². The van der Waals surface area contributed by atoms with E-state index >= 15 is 0 Å². The molecule has 2 aromatic heterocycles. The molecule has 0 unspecified atom stereocenters. The Hall–Kier alpha value is -1.98. The number of aromatic hydroxyl groups is 1. The van der Waals surface area contributed by atoms with Crippen LogP contribution in [0.2, 0.25) is 10.0 Å². The van der Waals surface area contributed by atoms with Gasteiger partial charge in [-0.2, -0.15) is 0 Å². The molecule has 5 nitrogen and oxygen atoms in total. The maximum absolute atomic E-state index is 12.1. The summed E-state index contributed by atoms with van der Waals surface area (Å²) in [4.78, 5) is 18.5. The Morgan fingerprint density at radius 3 is 2.58 bits per heavy atom. The Morgan fingerprint density at radius 1 is 1.21 bits per heavy atom. The van der Waals surface area contributed by atoms with Crippen LogP contribution in [-0.4, -0.2) is 19.5 Å². The number of fused-ring (bicyclic) bond motifs is 1. The first-order valence-electron chi connectivity index (χ1n) is 5.32. The van der Waals surface area contributed by atoms with Gasteiger partial charge in [-0.25, -0.2) is 4.98 Å². The highest BCUT2D eigenvalue weighted by Crippen LogP contribution is 2.36. The van der Waals surface area contributed by atoms with Crippen LogP contribution in [0.4, 0.5) is 0 Å². The Kier molecular flexibility index (Phi) is 2.73. The minimum atomic E-state index is -0.508. The minimum absolute atomic E-state index is 0.0149. The number of benzene rings is 1. The summed E-state index contributed by atoms with van der Waals surface area (Å²) >= 11 is 12.1. The van der Waals surface area contributed by atoms with Gasteiger partial charge in [0, 0.05) is 18.0 Å². The van der Waals surface area contributed by atoms with Crippen LogP contribution < -0.4 is 5.56 Å². The van der Waals surface area contributed by atoms with E-state index in [0.717, 1.165) is 0 Å². The maximum Gasteiger partial charge on any atom is 0.264 e. The van der Waals surface area contributed by atoms with Crippen molar-refractivity contribution in [2.45, 2.75) is 0 Å². The largest absolute Gasteiger partial charge is 0.494 e. The normalized spacial score (nSPS) is 11.1. The first-order chi connectivity index (χ1) is 9.09. The zero-order chi connectivity index (χ0) is 13.6. The zero-order valence-electron chi connectivity index (χ0n) is 9.39. The van der Waals surface area contributed by atoms with E-state index in [1.807, 2.05) is 0 Å². The molecule has 0 fully saturated rings. The van der Waals surface area contributed by atoms with Gasteiger partial charge in [-0.1, -0.05) is 29.3 Å². The number of hydrogen-bond acceptors (Lipinski definition) is 3. The molecule has 7 heteroatoms. The number of H-pyrrole nitrogens is 1. The summed E-state index contributed by atoms with van der Waals surface area (Å²) in [6.45, 7) is 0. The molecule has 0 amide bonds. The Labute approximate surface area is 117 Å². The second kappa shape index (κ2) is 4.29. The van der Waals surface area contributed by atoms with Crippen molar-refractivity contribution in [2.24, 2.45) is 0 Å². The second-order valence-electron chi connectivity index (χ2n) is 3.87. The monoisotopic (exact) mass is 295 g/mol. The van der Waals surface area contributed by atoms with Crippen LogP contribution in [-0.2, 0) is 0 Å². The Morgan fingerprint density at radius 2 is 1.89 bits per heavy atom. The number of rotatable bonds is 1. The fourth-order valence-electron chi connectivity index (χ4n) is 1.91. The van der Waals surface area contributed by atoms with Gasteiger partial charge in [0.25, 0.3) is 5.56 Å². The SMILES string of the molecule is O=c1[nH]c2nccn2c(O)c1-c1c(Cl)cccc1Cl. The molecule has 0 saturated carbocycles. The van der Waals surface area contributed by atoms with Crippen molar-refractivity contribution < 1.29 is 5.11 Å². The van der Waals surface area contributed by atoms with Crippen LogP contribution in [0.3, 0.4) is 0 Å². The summed E-state index contributed by atoms with van der Waals surface area (Å²) in [5.41, 5.74) is -0.201. The van der Waals surface area contributed by atoms with Crippen molar-refractivity contribution in [2.75, 3.05) is 0 Å². The molecule has 0 aliphatic rings. The highest BCUT2D eigenvalue weighted by molar-refractivity contribution is 6.39. The third-order valence-electron chi connectivity index (χ3n) is 2.76. The number of aromatic nitrogens is 3. The van der Waals surface area contributed by atoms with Crippen LogP contribution in [0.25, 0.3) is 16.9 Å². The third-order valence-corrected chi connectivity index (χ3v) is 3.39. The molecular formula is C12H7Cl2N3O2. The van der Waals surface area contributed by atoms with Crippen LogP contribution >= 0.6 is 23.2 Å². The number of hydrogen-bond donors (Lipinski definition) is 2. The first kappa shape index (κ1) is 12.1. The van der Waals surface area contributed by atoms with Gasteiger partial charge in [0.1, 0.15) is 5.56 Å². The van der Waals surface area contributed by atoms with Gasteiger partial charge in [-0.15, -0.1) is 0 Å². The lowest BCUT2D eigenvalue weighted by Crippen LogP contribution is -2.12. The minimum Gasteiger partial charge on any atom is -0.494 e. The summed E-state index contributed by atoms with van der Waals surface area (Å²) < 4.78 is 1.34. The molecular weight excluding hydrogens is 289 g/mol. The molecule has 0 atom stereocenters. The quantitative estimate of drug-likeness (QED) is 0.725. The lowest BCUT2D eigenvalue weighted by molar-refractivity contribution is 0.446. The van der Waals surface area contributed by atoms with Crippen LogP contribution in [0.1, 0.15) is 0 Å². The Bertz CT molecular complexity index is 818. The fourth-order valence-corrected chi connectivity index (χ4v) is 2.50. The zero-order valence-corrected chi connectivity index (χ0v) is 10.9. The molecule has 0 spiro atoms. The van der Waals surface area contributed by atoms with E-state index in [-0.39, 0.29) is 27.3 Å². The fraction of sp³-hybridized carbons (Fsp3) is 0. The predicted molar refractivity (Wildman–Crippen MR) is 72.9 cm³/mol. The number of aromatic amines is 1. The summed E-state index contributed by atoms with van der Waals surface area (Å²) in [7, 11) is 0. The summed E-state index contributed by atoms with van der Waals surface area (Å²) in [5.74, 6) is -0.0133. The molecule has 96 valence electrons. The van der Waals surface area contributed by atoms with Crippen LogP contribution in [0.15, 0.2) is 35.4 Å². The maximum atomic E-state index is 12.1. The van der Waals surface area contributed by atoms with E-state index in [0.29, 0.717) is 5.56 Å². The lowest BCUT2D eigenvalue weighted by atomic mass is 10.1. The van der Waals surface area contributed by atoms with Crippen LogP contribution in [0, 0.1) is 0 Å². The van der Waals surface area contributed by atoms with Crippen molar-refractivity contribution in [3.63, 3.8) is 0 Å². The highest BCUT2D eigenvalue weighted by atomic mass is 35.5. The number of halogens is 2. The molecule has 1 aromatic carbocycles. The number of imidazole rings is 1. The van der Waals surface area contributed by atoms with Gasteiger partial charge >= 0.3 is 0 Å². The van der Waals surface area contributed by atoms with E-state index in [1.54, 1.807) is 18.2 Å². The molecule has 0 radical (unpaired) electrons. The van der Waals surface area contributed by atoms with Gasteiger partial charge < -0.3 is 5.11 Å². The number of nitrogens with zero attached hydrogens (tertiary/aromatic N) is 2. The predicted octanol–water partition coefficient (Wildman–Crippen LogP) is 2.70. The van der Waals surface area contributed by atoms with Crippen molar-refractivity contribution >= 4 is 29.0 Å². The standard InChI is InChI=1S/C12H7Cl2N3O2/c13-6-2-1-3-7(14)8(6)9-10(18)16-12-15-4-5-17(12)11(9)19/h1-5,19H,(H,15,16,18). The molecule has 0 saturated heterocycles. The van der Waals surface area contributed by atoms with Crippen molar-refractivity contribution in [1.82, 2.24) is 14.4 Å².